The van der Waals surface area contributed by atoms with Crippen molar-refractivity contribution in [3.8, 4) is 0 Å². The van der Waals surface area contributed by atoms with Gasteiger partial charge in [-0.2, -0.15) is 5.10 Å². The molecular formula is C18H19Cl2N3O3. The van der Waals surface area contributed by atoms with E-state index < -0.39 is 17.8 Å². The third-order valence-electron chi connectivity index (χ3n) is 4.65. The van der Waals surface area contributed by atoms with E-state index in [2.05, 4.69) is 10.4 Å². The minimum atomic E-state index is -0.903. The normalized spacial score (nSPS) is 19.9. The van der Waals surface area contributed by atoms with Gasteiger partial charge in [0.2, 0.25) is 5.91 Å². The largest absolute Gasteiger partial charge is 0.481 e. The van der Waals surface area contributed by atoms with Crippen LogP contribution in [0.3, 0.4) is 0 Å². The average molecular weight is 396 g/mol. The van der Waals surface area contributed by atoms with E-state index in [1.807, 2.05) is 6.07 Å². The molecule has 3 rings (SSSR count). The van der Waals surface area contributed by atoms with Crippen LogP contribution >= 0.6 is 23.2 Å². The van der Waals surface area contributed by atoms with E-state index in [0.29, 0.717) is 35.1 Å². The van der Waals surface area contributed by atoms with Crippen LogP contribution in [-0.2, 0) is 16.1 Å². The van der Waals surface area contributed by atoms with Crippen LogP contribution < -0.4 is 5.32 Å². The van der Waals surface area contributed by atoms with Gasteiger partial charge >= 0.3 is 5.97 Å². The third kappa shape index (κ3) is 4.37. The van der Waals surface area contributed by atoms with Gasteiger partial charge in [0.1, 0.15) is 0 Å². The number of nitrogens with one attached hydrogen (secondary N) is 1. The number of hydrogen-bond acceptors (Lipinski definition) is 3. The molecule has 1 aliphatic carbocycles. The zero-order chi connectivity index (χ0) is 18.7. The van der Waals surface area contributed by atoms with Crippen molar-refractivity contribution < 1.29 is 14.7 Å². The summed E-state index contributed by atoms with van der Waals surface area (Å²) in [6, 6.07) is 5.34. The first-order valence-electron chi connectivity index (χ1n) is 8.44. The lowest BCUT2D eigenvalue weighted by molar-refractivity contribution is -0.147. The molecule has 1 heterocycles. The maximum absolute atomic E-state index is 12.5. The molecular weight excluding hydrogens is 377 g/mol. The first kappa shape index (κ1) is 18.7. The van der Waals surface area contributed by atoms with Crippen molar-refractivity contribution in [1.29, 1.82) is 0 Å². The number of benzene rings is 1. The standard InChI is InChI=1S/C18H19Cl2N3O3/c19-15-6-5-11(7-16(15)20)9-23-10-12(8-21-23)22-17(24)13-3-1-2-4-14(13)18(25)26/h5-8,10,13-14H,1-4,9H2,(H,22,24)(H,25,26)/t13-,14+/m1/s1. The third-order valence-corrected chi connectivity index (χ3v) is 5.39. The van der Waals surface area contributed by atoms with Gasteiger partial charge in [0, 0.05) is 6.20 Å². The second kappa shape index (κ2) is 8.10. The molecule has 2 atom stereocenters. The minimum absolute atomic E-state index is 0.258. The summed E-state index contributed by atoms with van der Waals surface area (Å²) < 4.78 is 1.67. The van der Waals surface area contributed by atoms with Crippen molar-refractivity contribution in [3.05, 3.63) is 46.2 Å². The van der Waals surface area contributed by atoms with Crippen LogP contribution in [0.15, 0.2) is 30.6 Å². The molecule has 0 unspecified atom stereocenters. The smallest absolute Gasteiger partial charge is 0.307 e. The number of carbonyl (C=O) groups excluding carboxylic acids is 1. The highest BCUT2D eigenvalue weighted by Crippen LogP contribution is 2.31. The molecule has 8 heteroatoms. The quantitative estimate of drug-likeness (QED) is 0.798. The SMILES string of the molecule is O=C(O)[C@H]1CCCC[C@H]1C(=O)Nc1cnn(Cc2ccc(Cl)c(Cl)c2)c1. The highest BCUT2D eigenvalue weighted by atomic mass is 35.5. The van der Waals surface area contributed by atoms with E-state index in [-0.39, 0.29) is 5.91 Å². The second-order valence-electron chi connectivity index (χ2n) is 6.50. The molecule has 26 heavy (non-hydrogen) atoms. The zero-order valence-electron chi connectivity index (χ0n) is 14.0. The molecule has 138 valence electrons. The van der Waals surface area contributed by atoms with Gasteiger partial charge in [-0.05, 0) is 30.5 Å². The first-order chi connectivity index (χ1) is 12.4. The van der Waals surface area contributed by atoms with Crippen molar-refractivity contribution in [2.75, 3.05) is 5.32 Å². The fraction of sp³-hybridized carbons (Fsp3) is 0.389. The van der Waals surface area contributed by atoms with Crippen LogP contribution in [0.25, 0.3) is 0 Å². The Hall–Kier alpha value is -2.05. The van der Waals surface area contributed by atoms with Gasteiger partial charge in [0.05, 0.1) is 40.3 Å². The molecule has 0 saturated heterocycles. The van der Waals surface area contributed by atoms with E-state index in [1.54, 1.807) is 29.2 Å². The molecule has 1 fully saturated rings. The molecule has 1 saturated carbocycles. The Morgan fingerprint density at radius 2 is 1.92 bits per heavy atom. The number of rotatable bonds is 5. The van der Waals surface area contributed by atoms with Gasteiger partial charge in [0.25, 0.3) is 0 Å². The Bertz CT molecular complexity index is 822. The van der Waals surface area contributed by atoms with Gasteiger partial charge in [-0.25, -0.2) is 0 Å². The number of hydrogen-bond donors (Lipinski definition) is 2. The summed E-state index contributed by atoms with van der Waals surface area (Å²) in [4.78, 5) is 23.9. The maximum atomic E-state index is 12.5. The van der Waals surface area contributed by atoms with Gasteiger partial charge in [0.15, 0.2) is 0 Å². The van der Waals surface area contributed by atoms with Crippen molar-refractivity contribution in [2.45, 2.75) is 32.2 Å². The van der Waals surface area contributed by atoms with Crippen LogP contribution in [0.1, 0.15) is 31.2 Å². The van der Waals surface area contributed by atoms with Crippen LogP contribution in [0.2, 0.25) is 10.0 Å². The number of aliphatic carboxylic acids is 1. The predicted molar refractivity (Wildman–Crippen MR) is 99.5 cm³/mol. The Kier molecular flexibility index (Phi) is 5.84. The Morgan fingerprint density at radius 1 is 1.19 bits per heavy atom. The molecule has 1 aromatic carbocycles. The fourth-order valence-corrected chi connectivity index (χ4v) is 3.64. The summed E-state index contributed by atoms with van der Waals surface area (Å²) in [5.74, 6) is -2.28. The van der Waals surface area contributed by atoms with E-state index in [9.17, 15) is 14.7 Å². The first-order valence-corrected chi connectivity index (χ1v) is 9.19. The van der Waals surface area contributed by atoms with Gasteiger partial charge in [-0.3, -0.25) is 14.3 Å². The molecule has 0 radical (unpaired) electrons. The van der Waals surface area contributed by atoms with Crippen LogP contribution in [0.4, 0.5) is 5.69 Å². The zero-order valence-corrected chi connectivity index (χ0v) is 15.5. The van der Waals surface area contributed by atoms with Crippen molar-refractivity contribution in [3.63, 3.8) is 0 Å². The molecule has 0 spiro atoms. The minimum Gasteiger partial charge on any atom is -0.481 e. The topological polar surface area (TPSA) is 84.2 Å². The van der Waals surface area contributed by atoms with E-state index in [1.165, 1.54) is 0 Å². The summed E-state index contributed by atoms with van der Waals surface area (Å²) in [5, 5.41) is 17.3. The molecule has 0 aliphatic heterocycles. The van der Waals surface area contributed by atoms with E-state index in [4.69, 9.17) is 23.2 Å². The van der Waals surface area contributed by atoms with E-state index >= 15 is 0 Å². The molecule has 2 N–H and O–H groups in total. The summed E-state index contributed by atoms with van der Waals surface area (Å²) >= 11 is 11.9. The van der Waals surface area contributed by atoms with Crippen LogP contribution in [-0.4, -0.2) is 26.8 Å². The number of halogens is 2. The number of carbonyl (C=O) groups is 2. The molecule has 1 aliphatic rings. The number of nitrogens with zero attached hydrogens (tertiary/aromatic N) is 2. The lowest BCUT2D eigenvalue weighted by atomic mass is 9.78. The number of aromatic nitrogens is 2. The molecule has 1 aromatic heterocycles. The summed E-state index contributed by atoms with van der Waals surface area (Å²) in [5.41, 5.74) is 1.48. The van der Waals surface area contributed by atoms with Gasteiger partial charge in [-0.15, -0.1) is 0 Å². The van der Waals surface area contributed by atoms with E-state index in [0.717, 1.165) is 18.4 Å². The summed E-state index contributed by atoms with van der Waals surface area (Å²) in [6.45, 7) is 0.480. The fourth-order valence-electron chi connectivity index (χ4n) is 3.31. The van der Waals surface area contributed by atoms with Crippen LogP contribution in [0, 0.1) is 11.8 Å². The highest BCUT2D eigenvalue weighted by molar-refractivity contribution is 6.42. The summed E-state index contributed by atoms with van der Waals surface area (Å²) in [6.07, 6.45) is 6.12. The maximum Gasteiger partial charge on any atom is 0.307 e. The predicted octanol–water partition coefficient (Wildman–Crippen LogP) is 4.07. The van der Waals surface area contributed by atoms with Crippen molar-refractivity contribution in [2.24, 2.45) is 11.8 Å². The van der Waals surface area contributed by atoms with Crippen molar-refractivity contribution >= 4 is 40.8 Å². The Balaban J connectivity index is 1.65. The van der Waals surface area contributed by atoms with Crippen molar-refractivity contribution in [1.82, 2.24) is 9.78 Å². The lowest BCUT2D eigenvalue weighted by Gasteiger charge is -2.27. The average Bonchev–Trinajstić information content (AvgIpc) is 3.05. The molecule has 1 amide bonds. The Labute approximate surface area is 161 Å². The number of amides is 1. The van der Waals surface area contributed by atoms with Gasteiger partial charge < -0.3 is 10.4 Å². The monoisotopic (exact) mass is 395 g/mol. The molecule has 6 nitrogen and oxygen atoms in total. The summed E-state index contributed by atoms with van der Waals surface area (Å²) in [7, 11) is 0. The Morgan fingerprint density at radius 3 is 2.62 bits per heavy atom. The van der Waals surface area contributed by atoms with Crippen LogP contribution in [0.5, 0.6) is 0 Å². The second-order valence-corrected chi connectivity index (χ2v) is 7.31. The van der Waals surface area contributed by atoms with Gasteiger partial charge in [-0.1, -0.05) is 42.1 Å². The number of carboxylic acid groups (broad SMARTS) is 1. The highest BCUT2D eigenvalue weighted by Gasteiger charge is 2.35. The lowest BCUT2D eigenvalue weighted by Crippen LogP contribution is -2.35. The molecule has 2 aromatic rings. The number of anilines is 1. The molecule has 0 bridgehead atoms. The number of carboxylic acids is 1.